The number of nitrogens with zero attached hydrogens (tertiary/aromatic N) is 1. The van der Waals surface area contributed by atoms with Crippen molar-refractivity contribution in [3.8, 4) is 0 Å². The predicted octanol–water partition coefficient (Wildman–Crippen LogP) is 0.917. The number of fused-ring (bicyclic) bond motifs is 2. The van der Waals surface area contributed by atoms with Crippen LogP contribution in [0.3, 0.4) is 0 Å². The predicted molar refractivity (Wildman–Crippen MR) is 87.8 cm³/mol. The highest BCUT2D eigenvalue weighted by Gasteiger charge is 2.38. The summed E-state index contributed by atoms with van der Waals surface area (Å²) in [5, 5.41) is 8.66. The van der Waals surface area contributed by atoms with Gasteiger partial charge in [-0.1, -0.05) is 0 Å². The molecule has 2 unspecified atom stereocenters. The highest BCUT2D eigenvalue weighted by Crippen LogP contribution is 2.30. The lowest BCUT2D eigenvalue weighted by atomic mass is 10.0. The molecule has 1 aromatic rings. The van der Waals surface area contributed by atoms with Crippen molar-refractivity contribution >= 4 is 15.9 Å². The minimum atomic E-state index is -3.84. The SMILES string of the molecule is Cc1cc(C(=O)N2C3CCNCC2CC3)cc(S(N)(=O)=O)c1C. The Morgan fingerprint density at radius 1 is 1.22 bits per heavy atom. The van der Waals surface area contributed by atoms with Gasteiger partial charge in [-0.15, -0.1) is 0 Å². The van der Waals surface area contributed by atoms with Crippen LogP contribution in [-0.4, -0.2) is 44.4 Å². The molecule has 0 spiro atoms. The van der Waals surface area contributed by atoms with E-state index in [1.807, 2.05) is 4.90 Å². The number of nitrogens with one attached hydrogen (secondary N) is 1. The molecule has 23 heavy (non-hydrogen) atoms. The summed E-state index contributed by atoms with van der Waals surface area (Å²) in [5.74, 6) is -0.0887. The number of sulfonamides is 1. The van der Waals surface area contributed by atoms with Gasteiger partial charge in [0, 0.05) is 24.2 Å². The largest absolute Gasteiger partial charge is 0.331 e. The van der Waals surface area contributed by atoms with E-state index in [9.17, 15) is 13.2 Å². The Morgan fingerprint density at radius 2 is 1.91 bits per heavy atom. The highest BCUT2D eigenvalue weighted by atomic mass is 32.2. The minimum absolute atomic E-state index is 0.0427. The molecule has 1 aromatic carbocycles. The Labute approximate surface area is 137 Å². The normalized spacial score (nSPS) is 24.6. The van der Waals surface area contributed by atoms with Gasteiger partial charge in [-0.05, 0) is 62.9 Å². The zero-order chi connectivity index (χ0) is 16.8. The number of hydrogen-bond donors (Lipinski definition) is 2. The van der Waals surface area contributed by atoms with Gasteiger partial charge in [-0.2, -0.15) is 0 Å². The third-order valence-electron chi connectivity index (χ3n) is 5.06. The van der Waals surface area contributed by atoms with Crippen LogP contribution >= 0.6 is 0 Å². The highest BCUT2D eigenvalue weighted by molar-refractivity contribution is 7.89. The van der Waals surface area contributed by atoms with Crippen LogP contribution in [0.15, 0.2) is 17.0 Å². The molecule has 0 saturated carbocycles. The molecule has 2 aliphatic rings. The van der Waals surface area contributed by atoms with Crippen molar-refractivity contribution in [2.45, 2.75) is 50.1 Å². The van der Waals surface area contributed by atoms with Crippen molar-refractivity contribution in [1.29, 1.82) is 0 Å². The number of amides is 1. The Morgan fingerprint density at radius 3 is 2.61 bits per heavy atom. The van der Waals surface area contributed by atoms with E-state index in [4.69, 9.17) is 5.14 Å². The van der Waals surface area contributed by atoms with Gasteiger partial charge in [0.1, 0.15) is 0 Å². The third kappa shape index (κ3) is 3.00. The molecule has 126 valence electrons. The van der Waals surface area contributed by atoms with Gasteiger partial charge < -0.3 is 10.2 Å². The molecule has 0 aliphatic carbocycles. The Bertz CT molecular complexity index is 731. The first-order valence-corrected chi connectivity index (χ1v) is 9.51. The quantitative estimate of drug-likeness (QED) is 0.839. The lowest BCUT2D eigenvalue weighted by Crippen LogP contribution is -2.42. The summed E-state index contributed by atoms with van der Waals surface area (Å²) in [7, 11) is -3.84. The molecule has 2 fully saturated rings. The number of benzene rings is 1. The number of primary sulfonamides is 1. The summed E-state index contributed by atoms with van der Waals surface area (Å²) in [6, 6.07) is 3.62. The van der Waals surface area contributed by atoms with E-state index in [0.717, 1.165) is 37.9 Å². The Balaban J connectivity index is 2.02. The zero-order valence-corrected chi connectivity index (χ0v) is 14.3. The van der Waals surface area contributed by atoms with Crippen LogP contribution in [0.4, 0.5) is 0 Å². The first-order valence-electron chi connectivity index (χ1n) is 7.96. The second-order valence-electron chi connectivity index (χ2n) is 6.55. The molecular formula is C16H23N3O3S. The van der Waals surface area contributed by atoms with Gasteiger partial charge in [0.05, 0.1) is 4.90 Å². The molecule has 2 saturated heterocycles. The van der Waals surface area contributed by atoms with Gasteiger partial charge in [0.25, 0.3) is 5.91 Å². The monoisotopic (exact) mass is 337 g/mol. The molecule has 0 aromatic heterocycles. The summed E-state index contributed by atoms with van der Waals surface area (Å²) in [4.78, 5) is 15.0. The average Bonchev–Trinajstić information content (AvgIpc) is 2.72. The summed E-state index contributed by atoms with van der Waals surface area (Å²) in [5.41, 5.74) is 1.78. The van der Waals surface area contributed by atoms with E-state index in [1.165, 1.54) is 6.07 Å². The molecule has 2 aliphatic heterocycles. The van der Waals surface area contributed by atoms with E-state index in [0.29, 0.717) is 11.1 Å². The van der Waals surface area contributed by atoms with Crippen molar-refractivity contribution < 1.29 is 13.2 Å². The van der Waals surface area contributed by atoms with E-state index in [1.54, 1.807) is 19.9 Å². The fraction of sp³-hybridized carbons (Fsp3) is 0.562. The molecular weight excluding hydrogens is 314 g/mol. The van der Waals surface area contributed by atoms with Gasteiger partial charge in [0.15, 0.2) is 0 Å². The van der Waals surface area contributed by atoms with Crippen molar-refractivity contribution in [2.75, 3.05) is 13.1 Å². The van der Waals surface area contributed by atoms with Crippen molar-refractivity contribution in [3.63, 3.8) is 0 Å². The number of aryl methyl sites for hydroxylation is 1. The Kier molecular flexibility index (Phi) is 4.20. The van der Waals surface area contributed by atoms with Gasteiger partial charge in [0.2, 0.25) is 10.0 Å². The molecule has 6 nitrogen and oxygen atoms in total. The number of carbonyl (C=O) groups excluding carboxylic acids is 1. The van der Waals surface area contributed by atoms with Crippen LogP contribution < -0.4 is 10.5 Å². The maximum atomic E-state index is 13.0. The lowest BCUT2D eigenvalue weighted by molar-refractivity contribution is 0.0680. The second kappa shape index (κ2) is 5.89. The van der Waals surface area contributed by atoms with Crippen LogP contribution in [0.1, 0.15) is 40.7 Å². The second-order valence-corrected chi connectivity index (χ2v) is 8.08. The fourth-order valence-corrected chi connectivity index (χ4v) is 4.59. The smallest absolute Gasteiger partial charge is 0.254 e. The van der Waals surface area contributed by atoms with E-state index in [-0.39, 0.29) is 22.9 Å². The molecule has 1 amide bonds. The molecule has 2 atom stereocenters. The van der Waals surface area contributed by atoms with Crippen LogP contribution in [0, 0.1) is 13.8 Å². The fourth-order valence-electron chi connectivity index (χ4n) is 3.71. The number of rotatable bonds is 2. The molecule has 3 N–H and O–H groups in total. The molecule has 2 bridgehead atoms. The minimum Gasteiger partial charge on any atom is -0.331 e. The van der Waals surface area contributed by atoms with E-state index < -0.39 is 10.0 Å². The van der Waals surface area contributed by atoms with Crippen LogP contribution in [-0.2, 0) is 10.0 Å². The summed E-state index contributed by atoms with van der Waals surface area (Å²) in [6.07, 6.45) is 2.95. The van der Waals surface area contributed by atoms with Crippen LogP contribution in [0.25, 0.3) is 0 Å². The van der Waals surface area contributed by atoms with Crippen molar-refractivity contribution in [3.05, 3.63) is 28.8 Å². The van der Waals surface area contributed by atoms with Crippen LogP contribution in [0.5, 0.6) is 0 Å². The van der Waals surface area contributed by atoms with Crippen molar-refractivity contribution in [1.82, 2.24) is 10.2 Å². The summed E-state index contributed by atoms with van der Waals surface area (Å²) >= 11 is 0. The maximum Gasteiger partial charge on any atom is 0.254 e. The lowest BCUT2D eigenvalue weighted by Gasteiger charge is -2.28. The Hall–Kier alpha value is -1.44. The average molecular weight is 337 g/mol. The topological polar surface area (TPSA) is 92.5 Å². The van der Waals surface area contributed by atoms with Gasteiger partial charge in [-0.25, -0.2) is 13.6 Å². The van der Waals surface area contributed by atoms with Crippen LogP contribution in [0.2, 0.25) is 0 Å². The molecule has 7 heteroatoms. The standard InChI is InChI=1S/C16H23N3O3S/c1-10-7-12(8-15(11(10)2)23(17,21)22)16(20)19-13-3-4-14(19)9-18-6-5-13/h7-8,13-14,18H,3-6,9H2,1-2H3,(H2,17,21,22). The molecule has 2 heterocycles. The summed E-state index contributed by atoms with van der Waals surface area (Å²) < 4.78 is 23.6. The number of hydrogen-bond acceptors (Lipinski definition) is 4. The number of nitrogens with two attached hydrogens (primary N) is 1. The van der Waals surface area contributed by atoms with Gasteiger partial charge in [-0.3, -0.25) is 4.79 Å². The zero-order valence-electron chi connectivity index (χ0n) is 13.5. The summed E-state index contributed by atoms with van der Waals surface area (Å²) in [6.45, 7) is 5.23. The van der Waals surface area contributed by atoms with Crippen molar-refractivity contribution in [2.24, 2.45) is 5.14 Å². The molecule has 0 radical (unpaired) electrons. The van der Waals surface area contributed by atoms with E-state index >= 15 is 0 Å². The van der Waals surface area contributed by atoms with Gasteiger partial charge >= 0.3 is 0 Å². The molecule has 3 rings (SSSR count). The first-order chi connectivity index (χ1) is 10.8. The van der Waals surface area contributed by atoms with E-state index in [2.05, 4.69) is 5.32 Å². The third-order valence-corrected chi connectivity index (χ3v) is 6.10. The first kappa shape index (κ1) is 16.4. The number of carbonyl (C=O) groups is 1. The maximum absolute atomic E-state index is 13.0.